The van der Waals surface area contributed by atoms with Crippen molar-refractivity contribution in [3.8, 4) is 0 Å². The number of sulfonamides is 1. The Bertz CT molecular complexity index is 545. The van der Waals surface area contributed by atoms with Gasteiger partial charge in [0.15, 0.2) is 0 Å². The molecule has 0 radical (unpaired) electrons. The first-order chi connectivity index (χ1) is 9.59. The van der Waals surface area contributed by atoms with Crippen LogP contribution in [-0.4, -0.2) is 46.1 Å². The second-order valence-corrected chi connectivity index (χ2v) is 6.91. The highest BCUT2D eigenvalue weighted by molar-refractivity contribution is 7.89. The van der Waals surface area contributed by atoms with Crippen molar-refractivity contribution >= 4 is 15.7 Å². The van der Waals surface area contributed by atoms with Gasteiger partial charge in [-0.2, -0.15) is 4.31 Å². The van der Waals surface area contributed by atoms with E-state index in [1.807, 2.05) is 13.0 Å². The van der Waals surface area contributed by atoms with E-state index in [0.717, 1.165) is 6.42 Å². The maximum atomic E-state index is 12.7. The number of methoxy groups -OCH3 is 1. The van der Waals surface area contributed by atoms with Crippen LogP contribution >= 0.6 is 0 Å². The third-order valence-electron chi connectivity index (χ3n) is 3.52. The van der Waals surface area contributed by atoms with Gasteiger partial charge in [0.1, 0.15) is 4.90 Å². The first-order valence-corrected chi connectivity index (χ1v) is 8.35. The van der Waals surface area contributed by atoms with E-state index in [-0.39, 0.29) is 0 Å². The van der Waals surface area contributed by atoms with Gasteiger partial charge in [-0.1, -0.05) is 12.1 Å². The lowest BCUT2D eigenvalue weighted by Crippen LogP contribution is -2.30. The Kier molecular flexibility index (Phi) is 5.01. The molecule has 0 bridgehead atoms. The second kappa shape index (κ2) is 6.56. The van der Waals surface area contributed by atoms with Crippen molar-refractivity contribution in [3.05, 3.63) is 24.3 Å². The van der Waals surface area contributed by atoms with Crippen molar-refractivity contribution in [2.45, 2.75) is 18.2 Å². The zero-order valence-electron chi connectivity index (χ0n) is 12.0. The van der Waals surface area contributed by atoms with Crippen LogP contribution in [0.4, 0.5) is 5.69 Å². The van der Waals surface area contributed by atoms with Crippen LogP contribution in [0.15, 0.2) is 29.2 Å². The summed E-state index contributed by atoms with van der Waals surface area (Å²) in [5, 5.41) is 3.11. The molecule has 112 valence electrons. The van der Waals surface area contributed by atoms with Gasteiger partial charge >= 0.3 is 0 Å². The summed E-state index contributed by atoms with van der Waals surface area (Å²) in [5.41, 5.74) is 0.671. The molecule has 0 spiro atoms. The van der Waals surface area contributed by atoms with Gasteiger partial charge in [-0.3, -0.25) is 0 Å². The first-order valence-electron chi connectivity index (χ1n) is 6.91. The highest BCUT2D eigenvalue weighted by Gasteiger charge is 2.33. The van der Waals surface area contributed by atoms with Gasteiger partial charge in [0.05, 0.1) is 12.3 Å². The lowest BCUT2D eigenvalue weighted by Gasteiger charge is -2.19. The number of para-hydroxylation sites is 1. The maximum absolute atomic E-state index is 12.7. The molecule has 1 saturated heterocycles. The summed E-state index contributed by atoms with van der Waals surface area (Å²) in [6, 6.07) is 7.07. The third kappa shape index (κ3) is 3.13. The summed E-state index contributed by atoms with van der Waals surface area (Å²) in [7, 11) is -1.78. The SMILES string of the molecule is CCNc1ccccc1S(=O)(=O)N1CCC(COC)C1. The lowest BCUT2D eigenvalue weighted by molar-refractivity contribution is 0.157. The molecule has 1 unspecified atom stereocenters. The largest absolute Gasteiger partial charge is 0.384 e. The summed E-state index contributed by atoms with van der Waals surface area (Å²) < 4.78 is 32.1. The van der Waals surface area contributed by atoms with Crippen LogP contribution in [-0.2, 0) is 14.8 Å². The molecule has 1 atom stereocenters. The molecule has 0 aliphatic carbocycles. The molecule has 0 aromatic heterocycles. The number of anilines is 1. The van der Waals surface area contributed by atoms with Gasteiger partial charge in [0, 0.05) is 26.7 Å². The quantitative estimate of drug-likeness (QED) is 0.869. The van der Waals surface area contributed by atoms with E-state index in [1.54, 1.807) is 29.6 Å². The van der Waals surface area contributed by atoms with Gasteiger partial charge < -0.3 is 10.1 Å². The van der Waals surface area contributed by atoms with Gasteiger partial charge in [-0.05, 0) is 31.4 Å². The molecule has 2 rings (SSSR count). The molecule has 1 fully saturated rings. The molecular weight excluding hydrogens is 276 g/mol. The number of hydrogen-bond donors (Lipinski definition) is 1. The maximum Gasteiger partial charge on any atom is 0.245 e. The molecule has 1 aromatic carbocycles. The minimum absolute atomic E-state index is 0.293. The molecule has 20 heavy (non-hydrogen) atoms. The van der Waals surface area contributed by atoms with Crippen LogP contribution in [0, 0.1) is 5.92 Å². The van der Waals surface area contributed by atoms with Gasteiger partial charge in [-0.25, -0.2) is 8.42 Å². The molecule has 0 saturated carbocycles. The van der Waals surface area contributed by atoms with Crippen molar-refractivity contribution in [2.75, 3.05) is 38.7 Å². The number of nitrogens with one attached hydrogen (secondary N) is 1. The number of nitrogens with zero attached hydrogens (tertiary/aromatic N) is 1. The van der Waals surface area contributed by atoms with E-state index >= 15 is 0 Å². The Morgan fingerprint density at radius 3 is 2.85 bits per heavy atom. The number of rotatable bonds is 6. The van der Waals surface area contributed by atoms with E-state index in [4.69, 9.17) is 4.74 Å². The van der Waals surface area contributed by atoms with Crippen LogP contribution in [0.1, 0.15) is 13.3 Å². The van der Waals surface area contributed by atoms with E-state index in [0.29, 0.717) is 42.7 Å². The molecule has 1 aliphatic rings. The number of hydrogen-bond acceptors (Lipinski definition) is 4. The highest BCUT2D eigenvalue weighted by Crippen LogP contribution is 2.28. The summed E-state index contributed by atoms with van der Waals surface area (Å²) in [6.45, 7) is 4.36. The number of benzene rings is 1. The second-order valence-electron chi connectivity index (χ2n) is 5.00. The number of ether oxygens (including phenoxy) is 1. The third-order valence-corrected chi connectivity index (χ3v) is 5.45. The molecular formula is C14H22N2O3S. The average Bonchev–Trinajstić information content (AvgIpc) is 2.89. The van der Waals surface area contributed by atoms with E-state index < -0.39 is 10.0 Å². The fraction of sp³-hybridized carbons (Fsp3) is 0.571. The Hall–Kier alpha value is -1.11. The van der Waals surface area contributed by atoms with Crippen LogP contribution in [0.25, 0.3) is 0 Å². The Labute approximate surface area is 121 Å². The predicted molar refractivity (Wildman–Crippen MR) is 79.3 cm³/mol. The minimum Gasteiger partial charge on any atom is -0.384 e. The van der Waals surface area contributed by atoms with Crippen molar-refractivity contribution in [3.63, 3.8) is 0 Å². The zero-order chi connectivity index (χ0) is 14.6. The smallest absolute Gasteiger partial charge is 0.245 e. The normalized spacial score (nSPS) is 20.2. The molecule has 1 N–H and O–H groups in total. The highest BCUT2D eigenvalue weighted by atomic mass is 32.2. The lowest BCUT2D eigenvalue weighted by atomic mass is 10.1. The molecule has 1 aliphatic heterocycles. The first kappa shape index (κ1) is 15.3. The predicted octanol–water partition coefficient (Wildman–Crippen LogP) is 1.78. The molecule has 5 nitrogen and oxygen atoms in total. The Morgan fingerprint density at radius 1 is 1.40 bits per heavy atom. The van der Waals surface area contributed by atoms with E-state index in [1.165, 1.54) is 0 Å². The van der Waals surface area contributed by atoms with Gasteiger partial charge in [0.2, 0.25) is 10.0 Å². The Morgan fingerprint density at radius 2 is 2.15 bits per heavy atom. The standard InChI is InChI=1S/C14H22N2O3S/c1-3-15-13-6-4-5-7-14(13)20(17,18)16-9-8-12(10-16)11-19-2/h4-7,12,15H,3,8-11H2,1-2H3. The van der Waals surface area contributed by atoms with E-state index in [9.17, 15) is 8.42 Å². The van der Waals surface area contributed by atoms with Crippen molar-refractivity contribution in [2.24, 2.45) is 5.92 Å². The van der Waals surface area contributed by atoms with Crippen LogP contribution < -0.4 is 5.32 Å². The molecule has 1 heterocycles. The average molecular weight is 298 g/mol. The van der Waals surface area contributed by atoms with Crippen LogP contribution in [0.3, 0.4) is 0 Å². The topological polar surface area (TPSA) is 58.6 Å². The van der Waals surface area contributed by atoms with Crippen molar-refractivity contribution < 1.29 is 13.2 Å². The Balaban J connectivity index is 2.23. The summed E-state index contributed by atoms with van der Waals surface area (Å²) in [5.74, 6) is 0.293. The summed E-state index contributed by atoms with van der Waals surface area (Å²) >= 11 is 0. The van der Waals surface area contributed by atoms with Gasteiger partial charge in [0.25, 0.3) is 0 Å². The molecule has 6 heteroatoms. The molecule has 0 amide bonds. The summed E-state index contributed by atoms with van der Waals surface area (Å²) in [4.78, 5) is 0.361. The van der Waals surface area contributed by atoms with E-state index in [2.05, 4.69) is 5.32 Å². The fourth-order valence-electron chi connectivity index (χ4n) is 2.55. The van der Waals surface area contributed by atoms with Crippen LogP contribution in [0.5, 0.6) is 0 Å². The van der Waals surface area contributed by atoms with Crippen molar-refractivity contribution in [1.82, 2.24) is 4.31 Å². The zero-order valence-corrected chi connectivity index (χ0v) is 12.8. The summed E-state index contributed by atoms with van der Waals surface area (Å²) in [6.07, 6.45) is 0.858. The fourth-order valence-corrected chi connectivity index (χ4v) is 4.25. The monoisotopic (exact) mass is 298 g/mol. The molecule has 1 aromatic rings. The minimum atomic E-state index is -3.43. The van der Waals surface area contributed by atoms with Crippen LogP contribution in [0.2, 0.25) is 0 Å². The van der Waals surface area contributed by atoms with Gasteiger partial charge in [-0.15, -0.1) is 0 Å². The van der Waals surface area contributed by atoms with Crippen molar-refractivity contribution in [1.29, 1.82) is 0 Å².